The van der Waals surface area contributed by atoms with Crippen LogP contribution in [0.3, 0.4) is 0 Å². The first kappa shape index (κ1) is 24.5. The molecule has 1 spiro atoms. The molecule has 11 nitrogen and oxygen atoms in total. The molecule has 0 unspecified atom stereocenters. The quantitative estimate of drug-likeness (QED) is 0.612. The lowest BCUT2D eigenvalue weighted by molar-refractivity contribution is -0.170. The van der Waals surface area contributed by atoms with Gasteiger partial charge in [0.15, 0.2) is 0 Å². The summed E-state index contributed by atoms with van der Waals surface area (Å²) in [5, 5.41) is 9.92. The molecule has 12 heteroatoms. The number of carboxylic acid groups (broad SMARTS) is 1. The molecule has 198 valence electrons. The van der Waals surface area contributed by atoms with Crippen LogP contribution in [-0.4, -0.2) is 108 Å². The Morgan fingerprint density at radius 2 is 1.73 bits per heavy atom. The fourth-order valence-electron chi connectivity index (χ4n) is 5.65. The van der Waals surface area contributed by atoms with Gasteiger partial charge in [-0.15, -0.1) is 0 Å². The SMILES string of the molecule is O=C(O)c1cnc2cc(N3CCN(S(=O)(=O)N4CCC5(CC4)CN(C4CC4)C(=O)CO5)CC3)ccc2c1. The van der Waals surface area contributed by atoms with Crippen molar-refractivity contribution >= 4 is 38.7 Å². The van der Waals surface area contributed by atoms with Crippen LogP contribution in [0.25, 0.3) is 10.9 Å². The van der Waals surface area contributed by atoms with Gasteiger partial charge in [0, 0.05) is 62.6 Å². The third-order valence-electron chi connectivity index (χ3n) is 8.07. The first-order chi connectivity index (χ1) is 17.7. The summed E-state index contributed by atoms with van der Waals surface area (Å²) in [6.45, 7) is 3.32. The van der Waals surface area contributed by atoms with Crippen LogP contribution >= 0.6 is 0 Å². The molecule has 1 amide bonds. The zero-order valence-electron chi connectivity index (χ0n) is 20.6. The van der Waals surface area contributed by atoms with E-state index < -0.39 is 21.8 Å². The summed E-state index contributed by atoms with van der Waals surface area (Å²) < 4.78 is 35.9. The van der Waals surface area contributed by atoms with Crippen molar-refractivity contribution in [2.24, 2.45) is 0 Å². The maximum Gasteiger partial charge on any atom is 0.337 e. The molecule has 6 rings (SSSR count). The number of piperidine rings is 1. The lowest BCUT2D eigenvalue weighted by atomic mass is 9.90. The van der Waals surface area contributed by atoms with Crippen molar-refractivity contribution in [3.05, 3.63) is 36.0 Å². The van der Waals surface area contributed by atoms with Crippen LogP contribution in [0.2, 0.25) is 0 Å². The number of carbonyl (C=O) groups excluding carboxylic acids is 1. The van der Waals surface area contributed by atoms with Crippen molar-refractivity contribution in [3.63, 3.8) is 0 Å². The smallest absolute Gasteiger partial charge is 0.337 e. The minimum Gasteiger partial charge on any atom is -0.478 e. The van der Waals surface area contributed by atoms with Gasteiger partial charge in [-0.05, 0) is 43.9 Å². The summed E-state index contributed by atoms with van der Waals surface area (Å²) in [7, 11) is -3.59. The molecule has 3 saturated heterocycles. The van der Waals surface area contributed by atoms with Crippen LogP contribution in [0.5, 0.6) is 0 Å². The molecule has 0 bridgehead atoms. The normalized spacial score (nSPS) is 23.6. The van der Waals surface area contributed by atoms with E-state index in [1.165, 1.54) is 6.20 Å². The van der Waals surface area contributed by atoms with Gasteiger partial charge in [-0.25, -0.2) is 4.79 Å². The Morgan fingerprint density at radius 3 is 2.41 bits per heavy atom. The van der Waals surface area contributed by atoms with Crippen LogP contribution in [0, 0.1) is 0 Å². The van der Waals surface area contributed by atoms with Crippen LogP contribution < -0.4 is 4.90 Å². The lowest BCUT2D eigenvalue weighted by Gasteiger charge is -2.47. The highest BCUT2D eigenvalue weighted by molar-refractivity contribution is 7.86. The topological polar surface area (TPSA) is 124 Å². The van der Waals surface area contributed by atoms with Gasteiger partial charge in [0.1, 0.15) is 6.61 Å². The van der Waals surface area contributed by atoms with Gasteiger partial charge in [-0.2, -0.15) is 17.0 Å². The number of pyridine rings is 1. The van der Waals surface area contributed by atoms with Gasteiger partial charge >= 0.3 is 5.97 Å². The second-order valence-electron chi connectivity index (χ2n) is 10.4. The molecule has 4 heterocycles. The number of aromatic nitrogens is 1. The van der Waals surface area contributed by atoms with E-state index in [2.05, 4.69) is 9.88 Å². The van der Waals surface area contributed by atoms with Crippen LogP contribution in [0.4, 0.5) is 5.69 Å². The van der Waals surface area contributed by atoms with E-state index in [4.69, 9.17) is 9.84 Å². The zero-order chi connectivity index (χ0) is 25.8. The van der Waals surface area contributed by atoms with Crippen LogP contribution in [-0.2, 0) is 19.7 Å². The molecule has 4 aliphatic rings. The third kappa shape index (κ3) is 4.67. The minimum absolute atomic E-state index is 0.0493. The zero-order valence-corrected chi connectivity index (χ0v) is 21.4. The van der Waals surface area contributed by atoms with Crippen LogP contribution in [0.15, 0.2) is 30.5 Å². The number of hydrogen-bond donors (Lipinski definition) is 1. The number of fused-ring (bicyclic) bond motifs is 1. The second kappa shape index (κ2) is 9.19. The van der Waals surface area contributed by atoms with E-state index in [1.807, 2.05) is 23.1 Å². The second-order valence-corrected chi connectivity index (χ2v) is 12.4. The average Bonchev–Trinajstić information content (AvgIpc) is 3.75. The van der Waals surface area contributed by atoms with Gasteiger partial charge < -0.3 is 19.6 Å². The van der Waals surface area contributed by atoms with E-state index in [0.717, 1.165) is 23.9 Å². The fourth-order valence-corrected chi connectivity index (χ4v) is 7.25. The molecule has 1 saturated carbocycles. The van der Waals surface area contributed by atoms with Crippen molar-refractivity contribution in [2.75, 3.05) is 57.3 Å². The number of hydrogen-bond acceptors (Lipinski definition) is 7. The number of carbonyl (C=O) groups is 2. The lowest BCUT2D eigenvalue weighted by Crippen LogP contribution is -2.61. The number of rotatable bonds is 5. The van der Waals surface area contributed by atoms with E-state index in [9.17, 15) is 18.0 Å². The molecule has 1 aromatic carbocycles. The van der Waals surface area contributed by atoms with Gasteiger partial charge in [-0.1, -0.05) is 6.07 Å². The highest BCUT2D eigenvalue weighted by atomic mass is 32.2. The number of carboxylic acids is 1. The molecule has 0 atom stereocenters. The predicted octanol–water partition coefficient (Wildman–Crippen LogP) is 1.16. The van der Waals surface area contributed by atoms with E-state index in [0.29, 0.717) is 70.2 Å². The monoisotopic (exact) mass is 529 g/mol. The molecule has 37 heavy (non-hydrogen) atoms. The van der Waals surface area contributed by atoms with E-state index in [1.54, 1.807) is 14.7 Å². The standard InChI is InChI=1S/C25H31N5O6S/c31-23-16-36-25(17-30(23)20-3-4-20)5-7-28(8-6-25)37(34,35)29-11-9-27(10-12-29)21-2-1-18-13-19(24(32)33)15-26-22(18)14-21/h1-2,13-15,20H,3-12,16-17H2,(H,32,33). The van der Waals surface area contributed by atoms with Gasteiger partial charge in [0.25, 0.3) is 10.2 Å². The number of morpholine rings is 1. The maximum absolute atomic E-state index is 13.4. The highest BCUT2D eigenvalue weighted by Gasteiger charge is 2.48. The first-order valence-electron chi connectivity index (χ1n) is 12.8. The van der Waals surface area contributed by atoms with Crippen molar-refractivity contribution < 1.29 is 27.9 Å². The van der Waals surface area contributed by atoms with Gasteiger partial charge in [0.05, 0.1) is 23.2 Å². The molecule has 1 aliphatic carbocycles. The summed E-state index contributed by atoms with van der Waals surface area (Å²) >= 11 is 0. The van der Waals surface area contributed by atoms with Crippen molar-refractivity contribution in [1.29, 1.82) is 0 Å². The number of piperazine rings is 1. The third-order valence-corrected chi connectivity index (χ3v) is 10.1. The summed E-state index contributed by atoms with van der Waals surface area (Å²) in [6, 6.07) is 7.62. The Balaban J connectivity index is 1.07. The van der Waals surface area contributed by atoms with Gasteiger partial charge in [0.2, 0.25) is 5.91 Å². The molecular formula is C25H31N5O6S. The number of benzene rings is 1. The van der Waals surface area contributed by atoms with Crippen molar-refractivity contribution in [3.8, 4) is 0 Å². The first-order valence-corrected chi connectivity index (χ1v) is 14.2. The average molecular weight is 530 g/mol. The minimum atomic E-state index is -3.59. The summed E-state index contributed by atoms with van der Waals surface area (Å²) in [6.07, 6.45) is 4.64. The predicted molar refractivity (Wildman–Crippen MR) is 136 cm³/mol. The molecule has 3 aliphatic heterocycles. The number of anilines is 1. The Bertz CT molecular complexity index is 1330. The number of amides is 1. The van der Waals surface area contributed by atoms with Crippen molar-refractivity contribution in [1.82, 2.24) is 18.5 Å². The highest BCUT2D eigenvalue weighted by Crippen LogP contribution is 2.37. The molecule has 1 aromatic heterocycles. The number of nitrogens with zero attached hydrogens (tertiary/aromatic N) is 5. The summed E-state index contributed by atoms with van der Waals surface area (Å²) in [4.78, 5) is 31.8. The fraction of sp³-hybridized carbons (Fsp3) is 0.560. The van der Waals surface area contributed by atoms with E-state index in [-0.39, 0.29) is 18.1 Å². The number of ether oxygens (including phenoxy) is 1. The Hall–Kier alpha value is -2.80. The summed E-state index contributed by atoms with van der Waals surface area (Å²) in [5.41, 5.74) is 1.35. The molecule has 4 fully saturated rings. The largest absolute Gasteiger partial charge is 0.478 e. The van der Waals surface area contributed by atoms with Crippen molar-refractivity contribution in [2.45, 2.75) is 37.3 Å². The Labute approximate surface area is 215 Å². The Morgan fingerprint density at radius 1 is 1.03 bits per heavy atom. The maximum atomic E-state index is 13.4. The van der Waals surface area contributed by atoms with Crippen LogP contribution in [0.1, 0.15) is 36.0 Å². The summed E-state index contributed by atoms with van der Waals surface area (Å²) in [5.74, 6) is -0.963. The molecule has 0 radical (unpaired) electrons. The molecule has 1 N–H and O–H groups in total. The van der Waals surface area contributed by atoms with Gasteiger partial charge in [-0.3, -0.25) is 9.78 Å². The Kier molecular flexibility index (Phi) is 6.09. The van der Waals surface area contributed by atoms with E-state index >= 15 is 0 Å². The molecular weight excluding hydrogens is 498 g/mol. The number of aromatic carboxylic acids is 1. The molecule has 2 aromatic rings.